The molecule has 0 saturated heterocycles. The molecule has 0 aliphatic heterocycles. The number of Topliss-reactive ketones (excluding diaryl/α,β-unsaturated/α-hetero) is 1. The maximum Gasteiger partial charge on any atom is 0.167 e. The van der Waals surface area contributed by atoms with E-state index >= 15 is 0 Å². The van der Waals surface area contributed by atoms with Gasteiger partial charge < -0.3 is 9.47 Å². The molecule has 2 aromatic carbocycles. The van der Waals surface area contributed by atoms with Crippen molar-refractivity contribution >= 4 is 17.4 Å². The number of para-hydroxylation sites is 1. The highest BCUT2D eigenvalue weighted by molar-refractivity contribution is 6.32. The van der Waals surface area contributed by atoms with Crippen molar-refractivity contribution in [2.24, 2.45) is 0 Å². The Morgan fingerprint density at radius 3 is 2.40 bits per heavy atom. The molecule has 2 aromatic rings. The van der Waals surface area contributed by atoms with Crippen LogP contribution in [0.3, 0.4) is 0 Å². The van der Waals surface area contributed by atoms with Crippen LogP contribution >= 0.6 is 11.6 Å². The van der Waals surface area contributed by atoms with Crippen molar-refractivity contribution in [1.82, 2.24) is 0 Å². The van der Waals surface area contributed by atoms with Crippen LogP contribution in [0.2, 0.25) is 5.02 Å². The average Bonchev–Trinajstić information content (AvgIpc) is 2.47. The van der Waals surface area contributed by atoms with Gasteiger partial charge in [-0.3, -0.25) is 4.79 Å². The van der Waals surface area contributed by atoms with E-state index in [-0.39, 0.29) is 12.2 Å². The number of carbonyl (C=O) groups excluding carboxylic acids is 1. The average molecular weight is 291 g/mol. The lowest BCUT2D eigenvalue weighted by molar-refractivity contribution is 0.0992. The predicted octanol–water partition coefficient (Wildman–Crippen LogP) is 3.78. The summed E-state index contributed by atoms with van der Waals surface area (Å²) in [4.78, 5) is 12.3. The van der Waals surface area contributed by atoms with E-state index in [0.29, 0.717) is 22.1 Å². The van der Waals surface area contributed by atoms with Gasteiger partial charge in [-0.2, -0.15) is 0 Å². The van der Waals surface area contributed by atoms with Gasteiger partial charge in [0.1, 0.15) is 11.5 Å². The zero-order chi connectivity index (χ0) is 14.5. The second-order valence-electron chi connectivity index (χ2n) is 4.26. The monoisotopic (exact) mass is 290 g/mol. The molecule has 3 nitrogen and oxygen atoms in total. The Balaban J connectivity index is 2.22. The molecule has 20 heavy (non-hydrogen) atoms. The maximum absolute atomic E-state index is 12.3. The van der Waals surface area contributed by atoms with Crippen molar-refractivity contribution in [3.63, 3.8) is 0 Å². The van der Waals surface area contributed by atoms with Crippen LogP contribution in [-0.4, -0.2) is 20.0 Å². The Bertz CT molecular complexity index is 623. The van der Waals surface area contributed by atoms with Crippen molar-refractivity contribution in [3.8, 4) is 11.5 Å². The van der Waals surface area contributed by atoms with Crippen LogP contribution in [0, 0.1) is 0 Å². The van der Waals surface area contributed by atoms with E-state index in [1.165, 1.54) is 7.11 Å². The summed E-state index contributed by atoms with van der Waals surface area (Å²) in [6.45, 7) is 0. The number of hydrogen-bond acceptors (Lipinski definition) is 3. The Kier molecular flexibility index (Phi) is 4.64. The number of halogens is 1. The Hall–Kier alpha value is -2.00. The minimum atomic E-state index is -0.0148. The topological polar surface area (TPSA) is 35.5 Å². The summed E-state index contributed by atoms with van der Waals surface area (Å²) in [5.74, 6) is 1.25. The van der Waals surface area contributed by atoms with Gasteiger partial charge in [0.15, 0.2) is 5.78 Å². The molecule has 0 bridgehead atoms. The molecule has 104 valence electrons. The molecule has 0 atom stereocenters. The van der Waals surface area contributed by atoms with E-state index in [9.17, 15) is 4.79 Å². The first-order valence-corrected chi connectivity index (χ1v) is 6.52. The second kappa shape index (κ2) is 6.44. The fourth-order valence-corrected chi connectivity index (χ4v) is 2.22. The highest BCUT2D eigenvalue weighted by Crippen LogP contribution is 2.26. The van der Waals surface area contributed by atoms with Gasteiger partial charge in [0.05, 0.1) is 19.2 Å². The van der Waals surface area contributed by atoms with E-state index in [4.69, 9.17) is 21.1 Å². The third-order valence-corrected chi connectivity index (χ3v) is 3.31. The van der Waals surface area contributed by atoms with Crippen molar-refractivity contribution in [1.29, 1.82) is 0 Å². The molecule has 0 radical (unpaired) electrons. The van der Waals surface area contributed by atoms with Gasteiger partial charge in [0, 0.05) is 17.5 Å². The molecule has 0 heterocycles. The summed E-state index contributed by atoms with van der Waals surface area (Å²) in [6.07, 6.45) is 0.271. The molecule has 0 saturated carbocycles. The molecule has 0 aliphatic carbocycles. The first-order valence-electron chi connectivity index (χ1n) is 6.14. The third-order valence-electron chi connectivity index (χ3n) is 3.02. The third kappa shape index (κ3) is 3.11. The first kappa shape index (κ1) is 14.4. The minimum absolute atomic E-state index is 0.0148. The van der Waals surface area contributed by atoms with Crippen molar-refractivity contribution in [2.45, 2.75) is 6.42 Å². The van der Waals surface area contributed by atoms with Crippen molar-refractivity contribution < 1.29 is 14.3 Å². The van der Waals surface area contributed by atoms with Gasteiger partial charge in [-0.05, 0) is 24.3 Å². The summed E-state index contributed by atoms with van der Waals surface area (Å²) in [6, 6.07) is 12.5. The molecule has 0 fully saturated rings. The van der Waals surface area contributed by atoms with Gasteiger partial charge in [-0.1, -0.05) is 29.8 Å². The van der Waals surface area contributed by atoms with Gasteiger partial charge in [0.25, 0.3) is 0 Å². The molecule has 0 amide bonds. The van der Waals surface area contributed by atoms with Crippen LogP contribution in [-0.2, 0) is 6.42 Å². The summed E-state index contributed by atoms with van der Waals surface area (Å²) < 4.78 is 10.3. The standard InChI is InChI=1S/C16H15ClO3/c1-19-15-6-4-3-5-12(15)10-14(18)11-7-8-16(20-2)13(17)9-11/h3-9H,10H2,1-2H3. The fourth-order valence-electron chi connectivity index (χ4n) is 1.96. The van der Waals surface area contributed by atoms with E-state index in [2.05, 4.69) is 0 Å². The number of methoxy groups -OCH3 is 2. The predicted molar refractivity (Wildman–Crippen MR) is 79.0 cm³/mol. The fraction of sp³-hybridized carbons (Fsp3) is 0.188. The summed E-state index contributed by atoms with van der Waals surface area (Å²) in [5.41, 5.74) is 1.41. The highest BCUT2D eigenvalue weighted by Gasteiger charge is 2.12. The lowest BCUT2D eigenvalue weighted by Crippen LogP contribution is -2.05. The summed E-state index contributed by atoms with van der Waals surface area (Å²) in [5, 5.41) is 0.429. The zero-order valence-electron chi connectivity index (χ0n) is 11.4. The number of carbonyl (C=O) groups is 1. The van der Waals surface area contributed by atoms with Gasteiger partial charge in [0.2, 0.25) is 0 Å². The maximum atomic E-state index is 12.3. The Morgan fingerprint density at radius 2 is 1.75 bits per heavy atom. The van der Waals surface area contributed by atoms with Crippen molar-refractivity contribution in [2.75, 3.05) is 14.2 Å². The number of ether oxygens (including phenoxy) is 2. The van der Waals surface area contributed by atoms with Gasteiger partial charge in [-0.25, -0.2) is 0 Å². The molecule has 0 aromatic heterocycles. The SMILES string of the molecule is COc1ccc(C(=O)Cc2ccccc2OC)cc1Cl. The summed E-state index contributed by atoms with van der Waals surface area (Å²) in [7, 11) is 3.13. The van der Waals surface area contributed by atoms with Crippen LogP contribution in [0.4, 0.5) is 0 Å². The second-order valence-corrected chi connectivity index (χ2v) is 4.67. The molecule has 0 unspecified atom stereocenters. The number of ketones is 1. The molecule has 0 aliphatic rings. The normalized spacial score (nSPS) is 10.2. The molecular formula is C16H15ClO3. The van der Waals surface area contributed by atoms with Crippen LogP contribution in [0.25, 0.3) is 0 Å². The van der Waals surface area contributed by atoms with Gasteiger partial charge >= 0.3 is 0 Å². The van der Waals surface area contributed by atoms with Gasteiger partial charge in [-0.15, -0.1) is 0 Å². The van der Waals surface area contributed by atoms with E-state index < -0.39 is 0 Å². The molecule has 0 N–H and O–H groups in total. The number of hydrogen-bond donors (Lipinski definition) is 0. The summed E-state index contributed by atoms with van der Waals surface area (Å²) >= 11 is 6.03. The van der Waals surface area contributed by atoms with Crippen LogP contribution in [0.1, 0.15) is 15.9 Å². The first-order chi connectivity index (χ1) is 9.65. The molecule has 0 spiro atoms. The van der Waals surface area contributed by atoms with E-state index in [0.717, 1.165) is 5.56 Å². The zero-order valence-corrected chi connectivity index (χ0v) is 12.1. The Labute approximate surface area is 123 Å². The lowest BCUT2D eigenvalue weighted by atomic mass is 10.0. The van der Waals surface area contributed by atoms with E-state index in [1.807, 2.05) is 24.3 Å². The smallest absolute Gasteiger partial charge is 0.167 e. The lowest BCUT2D eigenvalue weighted by Gasteiger charge is -2.08. The quantitative estimate of drug-likeness (QED) is 0.786. The minimum Gasteiger partial charge on any atom is -0.496 e. The molecular weight excluding hydrogens is 276 g/mol. The molecule has 2 rings (SSSR count). The number of rotatable bonds is 5. The van der Waals surface area contributed by atoms with Crippen molar-refractivity contribution in [3.05, 3.63) is 58.6 Å². The van der Waals surface area contributed by atoms with E-state index in [1.54, 1.807) is 25.3 Å². The number of benzene rings is 2. The molecule has 4 heteroatoms. The highest BCUT2D eigenvalue weighted by atomic mass is 35.5. The van der Waals surface area contributed by atoms with Crippen LogP contribution < -0.4 is 9.47 Å². The van der Waals surface area contributed by atoms with Crippen LogP contribution in [0.15, 0.2) is 42.5 Å². The largest absolute Gasteiger partial charge is 0.496 e. The Morgan fingerprint density at radius 1 is 1.05 bits per heavy atom. The van der Waals surface area contributed by atoms with Crippen LogP contribution in [0.5, 0.6) is 11.5 Å².